The lowest BCUT2D eigenvalue weighted by atomic mass is 10.1. The third-order valence-corrected chi connectivity index (χ3v) is 5.05. The quantitative estimate of drug-likeness (QED) is 0.728. The summed E-state index contributed by atoms with van der Waals surface area (Å²) in [5.74, 6) is -0.943. The molecule has 7 heteroatoms. The van der Waals surface area contributed by atoms with Crippen LogP contribution < -0.4 is 5.32 Å². The number of benzene rings is 2. The number of morpholine rings is 1. The molecule has 0 aliphatic carbocycles. The maximum absolute atomic E-state index is 12.4. The molecule has 3 rings (SSSR count). The van der Waals surface area contributed by atoms with Crippen LogP contribution in [-0.2, 0) is 20.8 Å². The Labute approximate surface area is 175 Å². The predicted molar refractivity (Wildman–Crippen MR) is 112 cm³/mol. The normalized spacial score (nSPS) is 15.6. The smallest absolute Gasteiger partial charge is 0.338 e. The van der Waals surface area contributed by atoms with E-state index in [1.807, 2.05) is 25.1 Å². The number of halogens is 1. The van der Waals surface area contributed by atoms with Crippen molar-refractivity contribution in [1.82, 2.24) is 4.90 Å². The summed E-state index contributed by atoms with van der Waals surface area (Å²) in [6, 6.07) is 12.5. The molecule has 2 aromatic carbocycles. The highest BCUT2D eigenvalue weighted by molar-refractivity contribution is 6.31. The second kappa shape index (κ2) is 9.87. The average molecular weight is 417 g/mol. The van der Waals surface area contributed by atoms with E-state index in [1.54, 1.807) is 31.2 Å². The molecule has 1 aliphatic heterocycles. The van der Waals surface area contributed by atoms with Crippen molar-refractivity contribution >= 4 is 29.2 Å². The molecule has 1 heterocycles. The summed E-state index contributed by atoms with van der Waals surface area (Å²) >= 11 is 5.97. The fraction of sp³-hybridized carbons (Fsp3) is 0.364. The van der Waals surface area contributed by atoms with Gasteiger partial charge in [0.15, 0.2) is 6.10 Å². The summed E-state index contributed by atoms with van der Waals surface area (Å²) in [7, 11) is 0. The number of carbonyl (C=O) groups excluding carboxylic acids is 2. The Morgan fingerprint density at radius 2 is 1.86 bits per heavy atom. The predicted octanol–water partition coefficient (Wildman–Crippen LogP) is 3.66. The fourth-order valence-corrected chi connectivity index (χ4v) is 3.18. The van der Waals surface area contributed by atoms with Crippen LogP contribution >= 0.6 is 11.6 Å². The van der Waals surface area contributed by atoms with Crippen LogP contribution in [0.3, 0.4) is 0 Å². The summed E-state index contributed by atoms with van der Waals surface area (Å²) in [6.07, 6.45) is -0.936. The Kier molecular flexibility index (Phi) is 7.25. The second-order valence-electron chi connectivity index (χ2n) is 7.08. The largest absolute Gasteiger partial charge is 0.449 e. The average Bonchev–Trinajstić information content (AvgIpc) is 2.72. The zero-order valence-corrected chi connectivity index (χ0v) is 17.4. The van der Waals surface area contributed by atoms with Crippen LogP contribution in [0, 0.1) is 6.92 Å². The Hall–Kier alpha value is -2.41. The number of anilines is 1. The lowest BCUT2D eigenvalue weighted by Crippen LogP contribution is -2.35. The number of rotatable bonds is 6. The summed E-state index contributed by atoms with van der Waals surface area (Å²) in [4.78, 5) is 27.1. The van der Waals surface area contributed by atoms with E-state index in [0.717, 1.165) is 44.0 Å². The molecule has 1 saturated heterocycles. The Bertz CT molecular complexity index is 864. The lowest BCUT2D eigenvalue weighted by molar-refractivity contribution is -0.123. The van der Waals surface area contributed by atoms with Gasteiger partial charge in [-0.3, -0.25) is 9.69 Å². The van der Waals surface area contributed by atoms with Gasteiger partial charge in [0.25, 0.3) is 5.91 Å². The Balaban J connectivity index is 1.54. The number of esters is 1. The molecule has 1 atom stereocenters. The molecular formula is C22H25ClN2O4. The minimum Gasteiger partial charge on any atom is -0.449 e. The van der Waals surface area contributed by atoms with E-state index in [2.05, 4.69) is 10.2 Å². The van der Waals surface area contributed by atoms with Gasteiger partial charge in [-0.1, -0.05) is 29.8 Å². The molecule has 6 nitrogen and oxygen atoms in total. The number of nitrogens with one attached hydrogen (secondary N) is 1. The van der Waals surface area contributed by atoms with Gasteiger partial charge in [0.1, 0.15) is 0 Å². The number of amides is 1. The zero-order valence-electron chi connectivity index (χ0n) is 16.6. The van der Waals surface area contributed by atoms with Crippen molar-refractivity contribution in [3.05, 3.63) is 64.2 Å². The summed E-state index contributed by atoms with van der Waals surface area (Å²) in [5.41, 5.74) is 3.00. The van der Waals surface area contributed by atoms with E-state index in [-0.39, 0.29) is 0 Å². The van der Waals surface area contributed by atoms with Gasteiger partial charge in [-0.05, 0) is 49.2 Å². The summed E-state index contributed by atoms with van der Waals surface area (Å²) in [6.45, 7) is 7.53. The van der Waals surface area contributed by atoms with Crippen LogP contribution in [0.2, 0.25) is 5.02 Å². The van der Waals surface area contributed by atoms with Gasteiger partial charge in [-0.2, -0.15) is 0 Å². The molecule has 1 amide bonds. The van der Waals surface area contributed by atoms with Crippen LogP contribution in [0.5, 0.6) is 0 Å². The van der Waals surface area contributed by atoms with Gasteiger partial charge in [-0.15, -0.1) is 0 Å². The number of carbonyl (C=O) groups is 2. The van der Waals surface area contributed by atoms with E-state index in [4.69, 9.17) is 21.1 Å². The third-order valence-electron chi connectivity index (χ3n) is 4.81. The van der Waals surface area contributed by atoms with E-state index in [0.29, 0.717) is 16.3 Å². The highest BCUT2D eigenvalue weighted by Gasteiger charge is 2.20. The lowest BCUT2D eigenvalue weighted by Gasteiger charge is -2.26. The van der Waals surface area contributed by atoms with Crippen LogP contribution in [0.15, 0.2) is 42.5 Å². The first-order valence-electron chi connectivity index (χ1n) is 9.59. The fourth-order valence-electron chi connectivity index (χ4n) is 3.01. The number of aryl methyl sites for hydroxylation is 1. The summed E-state index contributed by atoms with van der Waals surface area (Å²) < 4.78 is 10.7. The molecule has 0 saturated carbocycles. The van der Waals surface area contributed by atoms with Crippen LogP contribution in [-0.4, -0.2) is 49.2 Å². The van der Waals surface area contributed by atoms with Crippen LogP contribution in [0.25, 0.3) is 0 Å². The number of ether oxygens (including phenoxy) is 2. The molecule has 29 heavy (non-hydrogen) atoms. The molecule has 1 aliphatic rings. The number of hydrogen-bond acceptors (Lipinski definition) is 5. The molecule has 0 aromatic heterocycles. The first kappa shape index (κ1) is 21.3. The maximum atomic E-state index is 12.4. The molecule has 0 spiro atoms. The maximum Gasteiger partial charge on any atom is 0.338 e. The summed E-state index contributed by atoms with van der Waals surface area (Å²) in [5, 5.41) is 3.27. The van der Waals surface area contributed by atoms with E-state index >= 15 is 0 Å². The van der Waals surface area contributed by atoms with Gasteiger partial charge in [-0.25, -0.2) is 4.79 Å². The van der Waals surface area contributed by atoms with Crippen LogP contribution in [0.4, 0.5) is 5.69 Å². The Morgan fingerprint density at radius 3 is 2.55 bits per heavy atom. The van der Waals surface area contributed by atoms with Crippen molar-refractivity contribution in [3.8, 4) is 0 Å². The van der Waals surface area contributed by atoms with Crippen molar-refractivity contribution in [3.63, 3.8) is 0 Å². The van der Waals surface area contributed by atoms with E-state index < -0.39 is 18.0 Å². The molecule has 2 aromatic rings. The molecule has 0 radical (unpaired) electrons. The monoisotopic (exact) mass is 416 g/mol. The first-order chi connectivity index (χ1) is 13.9. The molecule has 1 fully saturated rings. The van der Waals surface area contributed by atoms with E-state index in [9.17, 15) is 9.59 Å². The first-order valence-corrected chi connectivity index (χ1v) is 9.97. The number of hydrogen-bond donors (Lipinski definition) is 1. The second-order valence-corrected chi connectivity index (χ2v) is 7.52. The van der Waals surface area contributed by atoms with Crippen molar-refractivity contribution in [2.75, 3.05) is 31.6 Å². The highest BCUT2D eigenvalue weighted by Crippen LogP contribution is 2.20. The van der Waals surface area contributed by atoms with Crippen molar-refractivity contribution in [2.24, 2.45) is 0 Å². The Morgan fingerprint density at radius 1 is 1.17 bits per heavy atom. The minimum absolute atomic E-state index is 0.410. The van der Waals surface area contributed by atoms with Gasteiger partial charge >= 0.3 is 5.97 Å². The highest BCUT2D eigenvalue weighted by atomic mass is 35.5. The zero-order chi connectivity index (χ0) is 20.8. The van der Waals surface area contributed by atoms with Gasteiger partial charge < -0.3 is 14.8 Å². The van der Waals surface area contributed by atoms with Crippen molar-refractivity contribution in [2.45, 2.75) is 26.5 Å². The van der Waals surface area contributed by atoms with E-state index in [1.165, 1.54) is 0 Å². The SMILES string of the molecule is Cc1ccc(Cl)cc1NC(=O)[C@@H](C)OC(=O)c1ccc(CN2CCOCC2)cc1. The molecule has 0 unspecified atom stereocenters. The molecule has 1 N–H and O–H groups in total. The number of nitrogens with zero attached hydrogens (tertiary/aromatic N) is 1. The van der Waals surface area contributed by atoms with Crippen molar-refractivity contribution < 1.29 is 19.1 Å². The topological polar surface area (TPSA) is 67.9 Å². The standard InChI is InChI=1S/C22H25ClN2O4/c1-15-3-8-19(23)13-20(15)24-21(26)16(2)29-22(27)18-6-4-17(5-7-18)14-25-9-11-28-12-10-25/h3-8,13,16H,9-12,14H2,1-2H3,(H,24,26)/t16-/m1/s1. The molecule has 154 valence electrons. The van der Waals surface area contributed by atoms with Crippen molar-refractivity contribution in [1.29, 1.82) is 0 Å². The van der Waals surface area contributed by atoms with Gasteiger partial charge in [0.2, 0.25) is 0 Å². The molecular weight excluding hydrogens is 392 g/mol. The minimum atomic E-state index is -0.936. The van der Waals surface area contributed by atoms with Crippen LogP contribution in [0.1, 0.15) is 28.4 Å². The van der Waals surface area contributed by atoms with Gasteiger partial charge in [0.05, 0.1) is 18.8 Å². The molecule has 0 bridgehead atoms. The van der Waals surface area contributed by atoms with Gasteiger partial charge in [0, 0.05) is 30.3 Å². The third kappa shape index (κ3) is 6.03.